The number of nitrogens with one attached hydrogen (secondary N) is 1. The molecule has 0 saturated carbocycles. The predicted molar refractivity (Wildman–Crippen MR) is 78.7 cm³/mol. The number of piperazine rings is 1. The summed E-state index contributed by atoms with van der Waals surface area (Å²) in [5.74, 6) is 0.173. The lowest BCUT2D eigenvalue weighted by molar-refractivity contribution is -0.138. The molecule has 1 unspecified atom stereocenters. The number of pyridine rings is 1. The van der Waals surface area contributed by atoms with Crippen molar-refractivity contribution in [2.75, 3.05) is 45.9 Å². The molecule has 3 rings (SSSR count). The number of aromatic nitrogens is 1. The monoisotopic (exact) mass is 290 g/mol. The Labute approximate surface area is 125 Å². The van der Waals surface area contributed by atoms with Crippen molar-refractivity contribution in [3.63, 3.8) is 0 Å². The first-order valence-corrected chi connectivity index (χ1v) is 7.55. The quantitative estimate of drug-likeness (QED) is 0.829. The van der Waals surface area contributed by atoms with Gasteiger partial charge in [0, 0.05) is 45.5 Å². The van der Waals surface area contributed by atoms with E-state index >= 15 is 0 Å². The highest BCUT2D eigenvalue weighted by Gasteiger charge is 2.28. The summed E-state index contributed by atoms with van der Waals surface area (Å²) in [6, 6.07) is 5.82. The molecule has 6 heteroatoms. The second kappa shape index (κ2) is 6.98. The molecule has 0 aliphatic carbocycles. The summed E-state index contributed by atoms with van der Waals surface area (Å²) in [5, 5.41) is 3.23. The number of carbonyl (C=O) groups is 1. The van der Waals surface area contributed by atoms with E-state index in [4.69, 9.17) is 4.74 Å². The van der Waals surface area contributed by atoms with Crippen LogP contribution in [-0.4, -0.2) is 72.7 Å². The van der Waals surface area contributed by atoms with Gasteiger partial charge in [0.05, 0.1) is 18.9 Å². The summed E-state index contributed by atoms with van der Waals surface area (Å²) in [6.07, 6.45) is 1.82. The van der Waals surface area contributed by atoms with Crippen LogP contribution in [0.3, 0.4) is 0 Å². The Balaban J connectivity index is 1.47. The fourth-order valence-corrected chi connectivity index (χ4v) is 2.79. The van der Waals surface area contributed by atoms with Gasteiger partial charge in [-0.25, -0.2) is 0 Å². The maximum atomic E-state index is 12.4. The van der Waals surface area contributed by atoms with Crippen molar-refractivity contribution >= 4 is 5.91 Å². The minimum atomic E-state index is -0.166. The van der Waals surface area contributed by atoms with Crippen LogP contribution >= 0.6 is 0 Å². The molecule has 0 bridgehead atoms. The molecule has 6 nitrogen and oxygen atoms in total. The average molecular weight is 290 g/mol. The Morgan fingerprint density at radius 2 is 2.19 bits per heavy atom. The van der Waals surface area contributed by atoms with Crippen LogP contribution in [0.25, 0.3) is 0 Å². The topological polar surface area (TPSA) is 57.7 Å². The lowest BCUT2D eigenvalue weighted by Crippen LogP contribution is -2.57. The Morgan fingerprint density at radius 3 is 2.86 bits per heavy atom. The zero-order chi connectivity index (χ0) is 14.5. The van der Waals surface area contributed by atoms with E-state index in [9.17, 15) is 4.79 Å². The van der Waals surface area contributed by atoms with Crippen LogP contribution in [0.2, 0.25) is 0 Å². The highest BCUT2D eigenvalue weighted by Crippen LogP contribution is 2.09. The van der Waals surface area contributed by atoms with E-state index in [-0.39, 0.29) is 11.9 Å². The van der Waals surface area contributed by atoms with Crippen LogP contribution in [0, 0.1) is 0 Å². The van der Waals surface area contributed by atoms with Gasteiger partial charge in [0.1, 0.15) is 6.04 Å². The first kappa shape index (κ1) is 14.4. The molecule has 0 aromatic carbocycles. The zero-order valence-corrected chi connectivity index (χ0v) is 12.2. The Kier molecular flexibility index (Phi) is 4.80. The van der Waals surface area contributed by atoms with E-state index in [1.165, 1.54) is 0 Å². The first-order chi connectivity index (χ1) is 10.3. The number of morpholine rings is 1. The van der Waals surface area contributed by atoms with Crippen molar-refractivity contribution in [2.24, 2.45) is 0 Å². The minimum absolute atomic E-state index is 0.166. The summed E-state index contributed by atoms with van der Waals surface area (Å²) < 4.78 is 5.37. The van der Waals surface area contributed by atoms with Crippen LogP contribution in [0.4, 0.5) is 0 Å². The van der Waals surface area contributed by atoms with Crippen molar-refractivity contribution in [2.45, 2.75) is 12.6 Å². The molecule has 2 aliphatic rings. The molecule has 1 N–H and O–H groups in total. The Morgan fingerprint density at radius 1 is 1.33 bits per heavy atom. The smallest absolute Gasteiger partial charge is 0.242 e. The minimum Gasteiger partial charge on any atom is -0.378 e. The summed E-state index contributed by atoms with van der Waals surface area (Å²) in [4.78, 5) is 21.0. The highest BCUT2D eigenvalue weighted by molar-refractivity contribution is 5.82. The fraction of sp³-hybridized carbons (Fsp3) is 0.600. The molecule has 1 aromatic rings. The standard InChI is InChI=1S/C15H22N4O2/c20-15(14-12-21-10-5-17-14)19-8-6-18(7-9-19)11-13-3-1-2-4-16-13/h1-4,14,17H,5-12H2. The van der Waals surface area contributed by atoms with Crippen LogP contribution in [0.1, 0.15) is 5.69 Å². The van der Waals surface area contributed by atoms with Gasteiger partial charge in [0.15, 0.2) is 0 Å². The van der Waals surface area contributed by atoms with Gasteiger partial charge in [-0.05, 0) is 12.1 Å². The van der Waals surface area contributed by atoms with Crippen LogP contribution in [0.5, 0.6) is 0 Å². The third-order valence-corrected chi connectivity index (χ3v) is 4.02. The van der Waals surface area contributed by atoms with Crippen LogP contribution in [-0.2, 0) is 16.1 Å². The molecule has 1 amide bonds. The second-order valence-electron chi connectivity index (χ2n) is 5.50. The van der Waals surface area contributed by atoms with Gasteiger partial charge in [-0.15, -0.1) is 0 Å². The summed E-state index contributed by atoms with van der Waals surface area (Å²) in [7, 11) is 0. The molecular weight excluding hydrogens is 268 g/mol. The molecule has 1 atom stereocenters. The lowest BCUT2D eigenvalue weighted by Gasteiger charge is -2.37. The van der Waals surface area contributed by atoms with Crippen LogP contribution in [0.15, 0.2) is 24.4 Å². The van der Waals surface area contributed by atoms with Gasteiger partial charge in [-0.1, -0.05) is 6.07 Å². The zero-order valence-electron chi connectivity index (χ0n) is 12.2. The maximum Gasteiger partial charge on any atom is 0.242 e. The molecule has 2 saturated heterocycles. The SMILES string of the molecule is O=C(C1COCCN1)N1CCN(Cc2ccccn2)CC1. The normalized spacial score (nSPS) is 24.0. The van der Waals surface area contributed by atoms with E-state index in [1.54, 1.807) is 0 Å². The molecule has 0 spiro atoms. The predicted octanol–water partition coefficient (Wildman–Crippen LogP) is -0.286. The highest BCUT2D eigenvalue weighted by atomic mass is 16.5. The molecular formula is C15H22N4O2. The van der Waals surface area contributed by atoms with Gasteiger partial charge in [0.25, 0.3) is 0 Å². The van der Waals surface area contributed by atoms with Crippen LogP contribution < -0.4 is 5.32 Å². The summed E-state index contributed by atoms with van der Waals surface area (Å²) >= 11 is 0. The number of hydrogen-bond acceptors (Lipinski definition) is 5. The number of ether oxygens (including phenoxy) is 1. The second-order valence-corrected chi connectivity index (χ2v) is 5.50. The molecule has 114 valence electrons. The molecule has 2 aliphatic heterocycles. The Bertz CT molecular complexity index is 454. The molecule has 21 heavy (non-hydrogen) atoms. The van der Waals surface area contributed by atoms with E-state index < -0.39 is 0 Å². The largest absolute Gasteiger partial charge is 0.378 e. The number of carbonyl (C=O) groups excluding carboxylic acids is 1. The van der Waals surface area contributed by atoms with E-state index in [0.717, 1.165) is 45.0 Å². The number of rotatable bonds is 3. The molecule has 0 radical (unpaired) electrons. The van der Waals surface area contributed by atoms with Crippen molar-refractivity contribution < 1.29 is 9.53 Å². The van der Waals surface area contributed by atoms with Gasteiger partial charge in [-0.3, -0.25) is 14.7 Å². The number of nitrogens with zero attached hydrogens (tertiary/aromatic N) is 3. The third kappa shape index (κ3) is 3.78. The number of amides is 1. The van der Waals surface area contributed by atoms with Gasteiger partial charge in [-0.2, -0.15) is 0 Å². The van der Waals surface area contributed by atoms with Crippen molar-refractivity contribution in [3.8, 4) is 0 Å². The maximum absolute atomic E-state index is 12.4. The fourth-order valence-electron chi connectivity index (χ4n) is 2.79. The van der Waals surface area contributed by atoms with Crippen molar-refractivity contribution in [1.29, 1.82) is 0 Å². The van der Waals surface area contributed by atoms with Gasteiger partial charge < -0.3 is 15.0 Å². The summed E-state index contributed by atoms with van der Waals surface area (Å²) in [6.45, 7) is 6.16. The van der Waals surface area contributed by atoms with E-state index in [1.807, 2.05) is 29.3 Å². The first-order valence-electron chi connectivity index (χ1n) is 7.55. The molecule has 2 fully saturated rings. The van der Waals surface area contributed by atoms with Gasteiger partial charge >= 0.3 is 0 Å². The van der Waals surface area contributed by atoms with Crippen molar-refractivity contribution in [1.82, 2.24) is 20.1 Å². The molecule has 1 aromatic heterocycles. The average Bonchev–Trinajstić information content (AvgIpc) is 2.57. The van der Waals surface area contributed by atoms with Crippen molar-refractivity contribution in [3.05, 3.63) is 30.1 Å². The lowest BCUT2D eigenvalue weighted by atomic mass is 10.2. The van der Waals surface area contributed by atoms with E-state index in [2.05, 4.69) is 15.2 Å². The number of hydrogen-bond donors (Lipinski definition) is 1. The van der Waals surface area contributed by atoms with Gasteiger partial charge in [0.2, 0.25) is 5.91 Å². The third-order valence-electron chi connectivity index (χ3n) is 4.02. The van der Waals surface area contributed by atoms with E-state index in [0.29, 0.717) is 13.2 Å². The Hall–Kier alpha value is -1.50. The molecule has 3 heterocycles. The summed E-state index contributed by atoms with van der Waals surface area (Å²) in [5.41, 5.74) is 1.08.